The zero-order valence-corrected chi connectivity index (χ0v) is 12.2. The van der Waals surface area contributed by atoms with Crippen LogP contribution in [0.4, 0.5) is 11.4 Å². The Morgan fingerprint density at radius 2 is 2.29 bits per heavy atom. The summed E-state index contributed by atoms with van der Waals surface area (Å²) < 4.78 is 10.5. The second-order valence-corrected chi connectivity index (χ2v) is 4.86. The van der Waals surface area contributed by atoms with Crippen LogP contribution in [-0.2, 0) is 14.3 Å². The molecule has 0 aromatic heterocycles. The Balaban J connectivity index is 2.17. The second kappa shape index (κ2) is 6.09. The van der Waals surface area contributed by atoms with Crippen molar-refractivity contribution >= 4 is 17.3 Å². The molecule has 0 bridgehead atoms. The minimum absolute atomic E-state index is 0.0773. The predicted octanol–water partition coefficient (Wildman–Crippen LogP) is 2.02. The van der Waals surface area contributed by atoms with Gasteiger partial charge in [-0.1, -0.05) is 0 Å². The lowest BCUT2D eigenvalue weighted by Crippen LogP contribution is -2.30. The number of rotatable bonds is 4. The van der Waals surface area contributed by atoms with Gasteiger partial charge in [-0.05, 0) is 32.9 Å². The van der Waals surface area contributed by atoms with Crippen molar-refractivity contribution in [1.82, 2.24) is 0 Å². The first-order chi connectivity index (χ1) is 9.93. The molecule has 1 saturated heterocycles. The van der Waals surface area contributed by atoms with E-state index in [1.54, 1.807) is 26.0 Å². The third-order valence-electron chi connectivity index (χ3n) is 3.42. The largest absolute Gasteiger partial charge is 0.464 e. The fourth-order valence-electron chi connectivity index (χ4n) is 2.39. The topological polar surface area (TPSA) is 81.9 Å². The van der Waals surface area contributed by atoms with Crippen LogP contribution in [0.5, 0.6) is 0 Å². The van der Waals surface area contributed by atoms with Gasteiger partial charge in [0.1, 0.15) is 6.23 Å². The molecule has 1 aromatic carbocycles. The van der Waals surface area contributed by atoms with E-state index in [-0.39, 0.29) is 17.9 Å². The van der Waals surface area contributed by atoms with E-state index in [1.165, 1.54) is 6.07 Å². The summed E-state index contributed by atoms with van der Waals surface area (Å²) in [6.07, 6.45) is -0.921. The SMILES string of the molecule is CCOC(=O)[C@@H]1CN(c2ccc([N+](=O)[O-])c(C)c2)[C@@H](C)O1. The molecule has 0 saturated carbocycles. The van der Waals surface area contributed by atoms with Gasteiger partial charge in [0.05, 0.1) is 18.1 Å². The average Bonchev–Trinajstić information content (AvgIpc) is 2.80. The Morgan fingerprint density at radius 1 is 1.57 bits per heavy atom. The third kappa shape index (κ3) is 3.13. The smallest absolute Gasteiger partial charge is 0.337 e. The lowest BCUT2D eigenvalue weighted by molar-refractivity contribution is -0.385. The quantitative estimate of drug-likeness (QED) is 0.480. The normalized spacial score (nSPS) is 21.4. The summed E-state index contributed by atoms with van der Waals surface area (Å²) >= 11 is 0. The Morgan fingerprint density at radius 3 is 2.86 bits per heavy atom. The van der Waals surface area contributed by atoms with Crippen molar-refractivity contribution in [2.45, 2.75) is 33.1 Å². The van der Waals surface area contributed by atoms with Gasteiger partial charge in [-0.3, -0.25) is 10.1 Å². The van der Waals surface area contributed by atoms with Crippen molar-refractivity contribution in [3.63, 3.8) is 0 Å². The number of benzene rings is 1. The Labute approximate surface area is 122 Å². The summed E-state index contributed by atoms with van der Waals surface area (Å²) in [5, 5.41) is 10.8. The maximum Gasteiger partial charge on any atom is 0.337 e. The van der Waals surface area contributed by atoms with Crippen LogP contribution in [0.3, 0.4) is 0 Å². The van der Waals surface area contributed by atoms with Gasteiger partial charge in [-0.15, -0.1) is 0 Å². The van der Waals surface area contributed by atoms with E-state index < -0.39 is 11.0 Å². The van der Waals surface area contributed by atoms with Crippen molar-refractivity contribution in [3.8, 4) is 0 Å². The van der Waals surface area contributed by atoms with Crippen molar-refractivity contribution < 1.29 is 19.2 Å². The number of carbonyl (C=O) groups is 1. The maximum absolute atomic E-state index is 11.7. The summed E-state index contributed by atoms with van der Waals surface area (Å²) in [7, 11) is 0. The molecular weight excluding hydrogens is 276 g/mol. The number of nitro groups is 1. The van der Waals surface area contributed by atoms with Gasteiger partial charge in [-0.25, -0.2) is 4.79 Å². The van der Waals surface area contributed by atoms with Gasteiger partial charge in [-0.2, -0.15) is 0 Å². The molecule has 114 valence electrons. The molecule has 21 heavy (non-hydrogen) atoms. The molecule has 0 unspecified atom stereocenters. The molecule has 1 aliphatic heterocycles. The Hall–Kier alpha value is -2.15. The molecule has 2 atom stereocenters. The molecule has 0 N–H and O–H groups in total. The molecule has 0 spiro atoms. The highest BCUT2D eigenvalue weighted by Gasteiger charge is 2.35. The average molecular weight is 294 g/mol. The number of hydrogen-bond donors (Lipinski definition) is 0. The fourth-order valence-corrected chi connectivity index (χ4v) is 2.39. The van der Waals surface area contributed by atoms with Gasteiger partial charge in [0.2, 0.25) is 0 Å². The van der Waals surface area contributed by atoms with Crippen molar-refractivity contribution in [2.24, 2.45) is 0 Å². The van der Waals surface area contributed by atoms with Crippen LogP contribution in [0.2, 0.25) is 0 Å². The molecule has 0 aliphatic carbocycles. The third-order valence-corrected chi connectivity index (χ3v) is 3.42. The van der Waals surface area contributed by atoms with Gasteiger partial charge < -0.3 is 14.4 Å². The lowest BCUT2D eigenvalue weighted by Gasteiger charge is -2.21. The van der Waals surface area contributed by atoms with E-state index in [0.29, 0.717) is 18.7 Å². The van der Waals surface area contributed by atoms with Crippen LogP contribution in [0.25, 0.3) is 0 Å². The number of carbonyl (C=O) groups excluding carboxylic acids is 1. The maximum atomic E-state index is 11.7. The van der Waals surface area contributed by atoms with Gasteiger partial charge in [0.15, 0.2) is 6.10 Å². The zero-order chi connectivity index (χ0) is 15.6. The number of anilines is 1. The van der Waals surface area contributed by atoms with Gasteiger partial charge >= 0.3 is 5.97 Å². The number of hydrogen-bond acceptors (Lipinski definition) is 6. The second-order valence-electron chi connectivity index (χ2n) is 4.86. The number of nitrogens with zero attached hydrogens (tertiary/aromatic N) is 2. The first-order valence-corrected chi connectivity index (χ1v) is 6.77. The molecular formula is C14H18N2O5. The van der Waals surface area contributed by atoms with Crippen LogP contribution < -0.4 is 4.90 Å². The van der Waals surface area contributed by atoms with Crippen molar-refractivity contribution in [3.05, 3.63) is 33.9 Å². The minimum Gasteiger partial charge on any atom is -0.464 e. The summed E-state index contributed by atoms with van der Waals surface area (Å²) in [5.41, 5.74) is 1.44. The van der Waals surface area contributed by atoms with E-state index in [2.05, 4.69) is 0 Å². The van der Waals surface area contributed by atoms with Crippen LogP contribution in [-0.4, -0.2) is 36.4 Å². The molecule has 2 rings (SSSR count). The molecule has 1 aliphatic rings. The van der Waals surface area contributed by atoms with Crippen molar-refractivity contribution in [1.29, 1.82) is 0 Å². The van der Waals surface area contributed by atoms with Gasteiger partial charge in [0, 0.05) is 17.3 Å². The number of nitro benzene ring substituents is 1. The van der Waals surface area contributed by atoms with Crippen LogP contribution in [0.1, 0.15) is 19.4 Å². The Kier molecular flexibility index (Phi) is 4.42. The first kappa shape index (κ1) is 15.2. The highest BCUT2D eigenvalue weighted by Crippen LogP contribution is 2.29. The Bertz CT molecular complexity index is 560. The standard InChI is InChI=1S/C14H18N2O5/c1-4-20-14(17)13-8-15(10(3)21-13)11-5-6-12(16(18)19)9(2)7-11/h5-7,10,13H,4,8H2,1-3H3/t10-,13+/m1/s1. The summed E-state index contributed by atoms with van der Waals surface area (Å²) in [6, 6.07) is 4.86. The van der Waals surface area contributed by atoms with E-state index in [0.717, 1.165) is 5.69 Å². The molecule has 7 heteroatoms. The van der Waals surface area contributed by atoms with Crippen LogP contribution in [0.15, 0.2) is 18.2 Å². The van der Waals surface area contributed by atoms with E-state index in [9.17, 15) is 14.9 Å². The van der Waals surface area contributed by atoms with E-state index in [4.69, 9.17) is 9.47 Å². The van der Waals surface area contributed by atoms with Gasteiger partial charge in [0.25, 0.3) is 5.69 Å². The molecule has 1 fully saturated rings. The molecule has 1 aromatic rings. The van der Waals surface area contributed by atoms with E-state index >= 15 is 0 Å². The summed E-state index contributed by atoms with van der Waals surface area (Å²) in [5.74, 6) is -0.384. The van der Waals surface area contributed by atoms with Crippen molar-refractivity contribution in [2.75, 3.05) is 18.1 Å². The summed E-state index contributed by atoms with van der Waals surface area (Å²) in [6.45, 7) is 5.94. The lowest BCUT2D eigenvalue weighted by atomic mass is 10.1. The summed E-state index contributed by atoms with van der Waals surface area (Å²) in [4.78, 5) is 24.0. The fraction of sp³-hybridized carbons (Fsp3) is 0.500. The zero-order valence-electron chi connectivity index (χ0n) is 12.2. The first-order valence-electron chi connectivity index (χ1n) is 6.77. The number of ether oxygens (including phenoxy) is 2. The van der Waals surface area contributed by atoms with Crippen LogP contribution in [0, 0.1) is 17.0 Å². The predicted molar refractivity (Wildman–Crippen MR) is 76.1 cm³/mol. The monoisotopic (exact) mass is 294 g/mol. The number of esters is 1. The molecule has 0 amide bonds. The molecule has 0 radical (unpaired) electrons. The van der Waals surface area contributed by atoms with E-state index in [1.807, 2.05) is 11.8 Å². The molecule has 1 heterocycles. The highest BCUT2D eigenvalue weighted by atomic mass is 16.6. The highest BCUT2D eigenvalue weighted by molar-refractivity contribution is 5.76. The van der Waals surface area contributed by atoms with Crippen LogP contribution >= 0.6 is 0 Å². The molecule has 7 nitrogen and oxygen atoms in total. The minimum atomic E-state index is -0.629. The number of aryl methyl sites for hydroxylation is 1.